The molecule has 0 aliphatic carbocycles. The van der Waals surface area contributed by atoms with Gasteiger partial charge in [-0.05, 0) is 45.0 Å². The molecule has 0 fully saturated rings. The van der Waals surface area contributed by atoms with Crippen LogP contribution in [0.4, 0.5) is 10.1 Å². The molecule has 1 N–H and O–H groups in total. The van der Waals surface area contributed by atoms with E-state index in [1.54, 1.807) is 0 Å². The molecular weight excluding hydrogens is 337 g/mol. The van der Waals surface area contributed by atoms with Crippen LogP contribution in [0.3, 0.4) is 0 Å². The molecule has 0 aliphatic heterocycles. The fourth-order valence-electron chi connectivity index (χ4n) is 2.07. The van der Waals surface area contributed by atoms with Gasteiger partial charge in [-0.15, -0.1) is 0 Å². The highest BCUT2D eigenvalue weighted by Gasteiger charge is 2.19. The van der Waals surface area contributed by atoms with Gasteiger partial charge >= 0.3 is 5.97 Å². The Morgan fingerprint density at radius 1 is 1.38 bits per heavy atom. The van der Waals surface area contributed by atoms with E-state index in [1.165, 1.54) is 23.7 Å². The van der Waals surface area contributed by atoms with Gasteiger partial charge in [0.2, 0.25) is 0 Å². The van der Waals surface area contributed by atoms with E-state index >= 15 is 0 Å². The van der Waals surface area contributed by atoms with Gasteiger partial charge in [-0.1, -0.05) is 11.6 Å². The quantitative estimate of drug-likeness (QED) is 0.839. The second-order valence-corrected chi connectivity index (χ2v) is 5.74. The summed E-state index contributed by atoms with van der Waals surface area (Å²) < 4.78 is 19.6. The highest BCUT2D eigenvalue weighted by Crippen LogP contribution is 2.22. The van der Waals surface area contributed by atoms with E-state index in [2.05, 4.69) is 10.4 Å². The van der Waals surface area contributed by atoms with Crippen LogP contribution in [0.25, 0.3) is 0 Å². The number of esters is 1. The average Bonchev–Trinajstić information content (AvgIpc) is 2.79. The number of benzene rings is 1. The number of aromatic nitrogens is 2. The van der Waals surface area contributed by atoms with Crippen LogP contribution in [0.1, 0.15) is 18.3 Å². The third-order valence-electron chi connectivity index (χ3n) is 3.25. The van der Waals surface area contributed by atoms with Crippen molar-refractivity contribution in [2.75, 3.05) is 5.32 Å². The van der Waals surface area contributed by atoms with Gasteiger partial charge in [-0.25, -0.2) is 4.39 Å². The molecule has 1 unspecified atom stereocenters. The number of ether oxygens (including phenoxy) is 1. The minimum Gasteiger partial charge on any atom is -0.451 e. The minimum absolute atomic E-state index is 0.0597. The van der Waals surface area contributed by atoms with Crippen LogP contribution in [0.2, 0.25) is 5.02 Å². The van der Waals surface area contributed by atoms with E-state index < -0.39 is 23.8 Å². The molecule has 1 amide bonds. The maximum atomic E-state index is 13.0. The Bertz CT molecular complexity index is 776. The van der Waals surface area contributed by atoms with Gasteiger partial charge in [0.1, 0.15) is 12.4 Å². The molecule has 0 saturated heterocycles. The van der Waals surface area contributed by atoms with Gasteiger partial charge in [0.25, 0.3) is 5.91 Å². The summed E-state index contributed by atoms with van der Waals surface area (Å²) in [6, 6.07) is 5.41. The molecule has 0 bridgehead atoms. The zero-order chi connectivity index (χ0) is 17.9. The highest BCUT2D eigenvalue weighted by molar-refractivity contribution is 6.33. The smallest absolute Gasteiger partial charge is 0.328 e. The number of rotatable bonds is 5. The number of nitrogens with one attached hydrogen (secondary N) is 1. The van der Waals surface area contributed by atoms with Gasteiger partial charge in [-0.3, -0.25) is 14.3 Å². The molecule has 2 rings (SSSR count). The lowest BCUT2D eigenvalue weighted by molar-refractivity contribution is -0.154. The lowest BCUT2D eigenvalue weighted by Gasteiger charge is -2.14. The number of nitrogens with zero attached hydrogens (tertiary/aromatic N) is 2. The number of hydrogen-bond donors (Lipinski definition) is 1. The van der Waals surface area contributed by atoms with E-state index in [0.717, 1.165) is 17.5 Å². The molecule has 0 radical (unpaired) electrons. The Morgan fingerprint density at radius 3 is 2.67 bits per heavy atom. The number of halogens is 2. The molecular formula is C16H17ClFN3O3. The molecule has 0 saturated carbocycles. The fraction of sp³-hybridized carbons (Fsp3) is 0.312. The molecule has 1 atom stereocenters. The number of carbonyl (C=O) groups excluding carboxylic acids is 2. The van der Waals surface area contributed by atoms with Crippen molar-refractivity contribution in [1.82, 2.24) is 9.78 Å². The summed E-state index contributed by atoms with van der Waals surface area (Å²) in [5.74, 6) is -1.67. The van der Waals surface area contributed by atoms with Crippen LogP contribution < -0.4 is 5.32 Å². The second-order valence-electron chi connectivity index (χ2n) is 5.33. The first-order valence-electron chi connectivity index (χ1n) is 7.22. The lowest BCUT2D eigenvalue weighted by Crippen LogP contribution is -2.31. The van der Waals surface area contributed by atoms with Crippen molar-refractivity contribution < 1.29 is 18.7 Å². The molecule has 24 heavy (non-hydrogen) atoms. The van der Waals surface area contributed by atoms with Crippen LogP contribution in [0.15, 0.2) is 24.3 Å². The monoisotopic (exact) mass is 353 g/mol. The summed E-state index contributed by atoms with van der Waals surface area (Å²) in [4.78, 5) is 24.0. The van der Waals surface area contributed by atoms with Crippen molar-refractivity contribution in [2.45, 2.75) is 33.4 Å². The predicted octanol–water partition coefficient (Wildman–Crippen LogP) is 2.86. The van der Waals surface area contributed by atoms with Crippen molar-refractivity contribution in [1.29, 1.82) is 0 Å². The molecule has 6 nitrogen and oxygen atoms in total. The molecule has 1 aromatic heterocycles. The van der Waals surface area contributed by atoms with Crippen molar-refractivity contribution in [3.8, 4) is 0 Å². The normalized spacial score (nSPS) is 11.9. The van der Waals surface area contributed by atoms with Gasteiger partial charge in [-0.2, -0.15) is 5.10 Å². The molecule has 8 heteroatoms. The number of anilines is 1. The van der Waals surface area contributed by atoms with Crippen molar-refractivity contribution in [2.24, 2.45) is 0 Å². The highest BCUT2D eigenvalue weighted by atomic mass is 35.5. The summed E-state index contributed by atoms with van der Waals surface area (Å²) in [6.07, 6.45) is -1.03. The van der Waals surface area contributed by atoms with Gasteiger partial charge < -0.3 is 10.1 Å². The lowest BCUT2D eigenvalue weighted by atomic mass is 10.3. The molecule has 1 heterocycles. The summed E-state index contributed by atoms with van der Waals surface area (Å²) in [5.41, 5.74) is 1.85. The van der Waals surface area contributed by atoms with Crippen LogP contribution in [-0.4, -0.2) is 27.8 Å². The number of aryl methyl sites for hydroxylation is 2. The van der Waals surface area contributed by atoms with Crippen LogP contribution >= 0.6 is 11.6 Å². The first-order valence-corrected chi connectivity index (χ1v) is 7.60. The Labute approximate surface area is 143 Å². The molecule has 1 aromatic carbocycles. The Balaban J connectivity index is 1.93. The first kappa shape index (κ1) is 17.9. The fourth-order valence-corrected chi connectivity index (χ4v) is 2.28. The molecule has 0 aliphatic rings. The van der Waals surface area contributed by atoms with E-state index in [4.69, 9.17) is 16.3 Å². The summed E-state index contributed by atoms with van der Waals surface area (Å²) in [5, 5.41) is 6.70. The Hall–Kier alpha value is -2.41. The topological polar surface area (TPSA) is 73.2 Å². The van der Waals surface area contributed by atoms with Gasteiger partial charge in [0.15, 0.2) is 6.10 Å². The van der Waals surface area contributed by atoms with Crippen LogP contribution in [0.5, 0.6) is 0 Å². The maximum Gasteiger partial charge on any atom is 0.328 e. The molecule has 2 aromatic rings. The Morgan fingerprint density at radius 2 is 2.08 bits per heavy atom. The Kier molecular flexibility index (Phi) is 5.56. The largest absolute Gasteiger partial charge is 0.451 e. The predicted molar refractivity (Wildman–Crippen MR) is 87.3 cm³/mol. The molecule has 128 valence electrons. The standard InChI is InChI=1S/C16H17ClFN3O3/c1-9-6-10(2)21(20-9)8-15(22)24-11(3)16(23)19-14-5-4-12(18)7-13(14)17/h4-7,11H,8H2,1-3H3,(H,19,23). The van der Waals surface area contributed by atoms with Crippen molar-refractivity contribution >= 4 is 29.2 Å². The minimum atomic E-state index is -1.03. The summed E-state index contributed by atoms with van der Waals surface area (Å²) >= 11 is 5.84. The average molecular weight is 354 g/mol. The maximum absolute atomic E-state index is 13.0. The van der Waals surface area contributed by atoms with E-state index in [9.17, 15) is 14.0 Å². The summed E-state index contributed by atoms with van der Waals surface area (Å²) in [6.45, 7) is 4.98. The third-order valence-corrected chi connectivity index (χ3v) is 3.56. The first-order chi connectivity index (χ1) is 11.3. The molecule has 0 spiro atoms. The summed E-state index contributed by atoms with van der Waals surface area (Å²) in [7, 11) is 0. The third kappa shape index (κ3) is 4.55. The zero-order valence-electron chi connectivity index (χ0n) is 13.5. The number of amides is 1. The van der Waals surface area contributed by atoms with Crippen LogP contribution in [-0.2, 0) is 20.9 Å². The van der Waals surface area contributed by atoms with Gasteiger partial charge in [0.05, 0.1) is 16.4 Å². The van der Waals surface area contributed by atoms with Crippen molar-refractivity contribution in [3.63, 3.8) is 0 Å². The zero-order valence-corrected chi connectivity index (χ0v) is 14.2. The van der Waals surface area contributed by atoms with Crippen LogP contribution in [0, 0.1) is 19.7 Å². The number of hydrogen-bond acceptors (Lipinski definition) is 4. The van der Waals surface area contributed by atoms with E-state index in [0.29, 0.717) is 0 Å². The van der Waals surface area contributed by atoms with E-state index in [1.807, 2.05) is 19.9 Å². The number of carbonyl (C=O) groups is 2. The van der Waals surface area contributed by atoms with E-state index in [-0.39, 0.29) is 17.3 Å². The SMILES string of the molecule is Cc1cc(C)n(CC(=O)OC(C)C(=O)Nc2ccc(F)cc2Cl)n1. The second kappa shape index (κ2) is 7.44. The van der Waals surface area contributed by atoms with Gasteiger partial charge in [0, 0.05) is 5.69 Å². The van der Waals surface area contributed by atoms with Crippen molar-refractivity contribution in [3.05, 3.63) is 46.5 Å².